The molecule has 0 saturated carbocycles. The van der Waals surface area contributed by atoms with Crippen LogP contribution in [0.3, 0.4) is 0 Å². The lowest BCUT2D eigenvalue weighted by Gasteiger charge is -2.11. The maximum absolute atomic E-state index is 13.0. The van der Waals surface area contributed by atoms with Crippen LogP contribution in [0, 0.1) is 11.3 Å². The highest BCUT2D eigenvalue weighted by molar-refractivity contribution is 6.05. The Morgan fingerprint density at radius 3 is 2.68 bits per heavy atom. The molecule has 6 heteroatoms. The van der Waals surface area contributed by atoms with E-state index in [4.69, 9.17) is 19.2 Å². The van der Waals surface area contributed by atoms with E-state index in [1.54, 1.807) is 36.6 Å². The molecule has 4 aromatic rings. The van der Waals surface area contributed by atoms with Gasteiger partial charge < -0.3 is 13.9 Å². The van der Waals surface area contributed by atoms with Crippen molar-refractivity contribution in [2.75, 3.05) is 7.11 Å². The van der Waals surface area contributed by atoms with Crippen LogP contribution >= 0.6 is 0 Å². The second-order valence-electron chi connectivity index (χ2n) is 5.92. The number of benzene rings is 2. The third kappa shape index (κ3) is 3.17. The molecule has 0 unspecified atom stereocenters. The van der Waals surface area contributed by atoms with Gasteiger partial charge in [-0.05, 0) is 36.4 Å². The normalized spacial score (nSPS) is 10.4. The molecule has 0 aliphatic heterocycles. The van der Waals surface area contributed by atoms with Crippen LogP contribution in [0.15, 0.2) is 71.3 Å². The zero-order valence-electron chi connectivity index (χ0n) is 14.9. The Bertz CT molecular complexity index is 1210. The number of para-hydroxylation sites is 1. The Morgan fingerprint density at radius 1 is 1.07 bits per heavy atom. The molecule has 0 aliphatic rings. The maximum atomic E-state index is 13.0. The lowest BCUT2D eigenvalue weighted by molar-refractivity contribution is 0.0731. The lowest BCUT2D eigenvalue weighted by atomic mass is 10.1. The van der Waals surface area contributed by atoms with E-state index >= 15 is 0 Å². The molecule has 0 fully saturated rings. The summed E-state index contributed by atoms with van der Waals surface area (Å²) >= 11 is 0. The minimum atomic E-state index is -0.561. The molecule has 0 atom stereocenters. The first-order valence-corrected chi connectivity index (χ1v) is 8.43. The average Bonchev–Trinajstić information content (AvgIpc) is 3.28. The van der Waals surface area contributed by atoms with Crippen molar-refractivity contribution in [2.45, 2.75) is 0 Å². The number of nitriles is 1. The molecule has 28 heavy (non-hydrogen) atoms. The van der Waals surface area contributed by atoms with Crippen LogP contribution in [0.2, 0.25) is 0 Å². The van der Waals surface area contributed by atoms with Gasteiger partial charge in [0, 0.05) is 11.5 Å². The summed E-state index contributed by atoms with van der Waals surface area (Å²) in [6, 6.07) is 19.1. The molecule has 0 N–H and O–H groups in total. The fourth-order valence-corrected chi connectivity index (χ4v) is 2.87. The Labute approximate surface area is 160 Å². The van der Waals surface area contributed by atoms with Crippen molar-refractivity contribution in [2.24, 2.45) is 0 Å². The summed E-state index contributed by atoms with van der Waals surface area (Å²) in [7, 11) is 1.45. The number of hydrogen-bond acceptors (Lipinski definition) is 6. The third-order valence-corrected chi connectivity index (χ3v) is 4.21. The number of methoxy groups -OCH3 is 1. The highest BCUT2D eigenvalue weighted by Crippen LogP contribution is 2.30. The predicted molar refractivity (Wildman–Crippen MR) is 102 cm³/mol. The quantitative estimate of drug-likeness (QED) is 0.386. The molecule has 2 heterocycles. The maximum Gasteiger partial charge on any atom is 0.344 e. The molecule has 0 bridgehead atoms. The summed E-state index contributed by atoms with van der Waals surface area (Å²) < 4.78 is 16.2. The molecular weight excluding hydrogens is 356 g/mol. The zero-order valence-corrected chi connectivity index (χ0v) is 14.9. The van der Waals surface area contributed by atoms with E-state index in [0.717, 1.165) is 0 Å². The van der Waals surface area contributed by atoms with Crippen molar-refractivity contribution in [3.63, 3.8) is 0 Å². The van der Waals surface area contributed by atoms with Gasteiger partial charge in [0.25, 0.3) is 0 Å². The molecule has 0 saturated heterocycles. The van der Waals surface area contributed by atoms with Gasteiger partial charge in [0.05, 0.1) is 36.1 Å². The highest BCUT2D eigenvalue weighted by Gasteiger charge is 2.18. The lowest BCUT2D eigenvalue weighted by Crippen LogP contribution is -2.11. The highest BCUT2D eigenvalue weighted by atomic mass is 16.6. The first kappa shape index (κ1) is 17.3. The van der Waals surface area contributed by atoms with Crippen molar-refractivity contribution < 1.29 is 18.7 Å². The summed E-state index contributed by atoms with van der Waals surface area (Å²) in [5.74, 6) is 0.522. The van der Waals surface area contributed by atoms with Crippen molar-refractivity contribution >= 4 is 16.9 Å². The van der Waals surface area contributed by atoms with Crippen molar-refractivity contribution in [3.8, 4) is 29.0 Å². The molecule has 0 spiro atoms. The summed E-state index contributed by atoms with van der Waals surface area (Å²) in [6.45, 7) is 0. The van der Waals surface area contributed by atoms with Gasteiger partial charge in [0.15, 0.2) is 17.3 Å². The van der Waals surface area contributed by atoms with E-state index in [1.807, 2.05) is 24.3 Å². The van der Waals surface area contributed by atoms with Gasteiger partial charge in [-0.15, -0.1) is 0 Å². The van der Waals surface area contributed by atoms with Crippen LogP contribution < -0.4 is 9.47 Å². The number of nitrogens with zero attached hydrogens (tertiary/aromatic N) is 2. The topological polar surface area (TPSA) is 85.4 Å². The molecule has 2 aromatic carbocycles. The van der Waals surface area contributed by atoms with E-state index in [2.05, 4.69) is 4.98 Å². The van der Waals surface area contributed by atoms with Gasteiger partial charge in [0.2, 0.25) is 0 Å². The third-order valence-electron chi connectivity index (χ3n) is 4.21. The van der Waals surface area contributed by atoms with E-state index in [0.29, 0.717) is 39.2 Å². The monoisotopic (exact) mass is 370 g/mol. The first-order valence-electron chi connectivity index (χ1n) is 8.43. The number of furan rings is 1. The molecule has 0 radical (unpaired) electrons. The zero-order chi connectivity index (χ0) is 19.5. The van der Waals surface area contributed by atoms with Crippen LogP contribution in [-0.4, -0.2) is 18.1 Å². The first-order chi connectivity index (χ1) is 13.7. The number of carbonyl (C=O) groups excluding carboxylic acids is 1. The number of hydrogen-bond donors (Lipinski definition) is 0. The molecule has 0 amide bonds. The molecular formula is C22H14N2O4. The Kier molecular flexibility index (Phi) is 4.48. The number of rotatable bonds is 4. The SMILES string of the molecule is COc1cc(C#N)ccc1OC(=O)c1cc(-c2ccco2)nc2ccccc12. The van der Waals surface area contributed by atoms with Gasteiger partial charge in [-0.25, -0.2) is 9.78 Å². The standard InChI is InChI=1S/C22H14N2O4/c1-26-21-11-14(13-23)8-9-20(21)28-22(25)16-12-18(19-7-4-10-27-19)24-17-6-3-2-5-15(16)17/h2-12H,1H3. The minimum absolute atomic E-state index is 0.229. The van der Waals surface area contributed by atoms with E-state index < -0.39 is 5.97 Å². The molecule has 6 nitrogen and oxygen atoms in total. The van der Waals surface area contributed by atoms with Gasteiger partial charge >= 0.3 is 5.97 Å². The Balaban J connectivity index is 1.78. The second-order valence-corrected chi connectivity index (χ2v) is 5.92. The molecule has 2 aromatic heterocycles. The fraction of sp³-hybridized carbons (Fsp3) is 0.0455. The average molecular weight is 370 g/mol. The Hall–Kier alpha value is -4.11. The van der Waals surface area contributed by atoms with Crippen LogP contribution in [0.4, 0.5) is 0 Å². The molecule has 136 valence electrons. The smallest absolute Gasteiger partial charge is 0.344 e. The molecule has 4 rings (SSSR count). The van der Waals surface area contributed by atoms with Crippen molar-refractivity contribution in [1.82, 2.24) is 4.98 Å². The van der Waals surface area contributed by atoms with E-state index in [-0.39, 0.29) is 5.75 Å². The number of aromatic nitrogens is 1. The Morgan fingerprint density at radius 2 is 1.93 bits per heavy atom. The second kappa shape index (κ2) is 7.25. The van der Waals surface area contributed by atoms with Crippen LogP contribution in [0.5, 0.6) is 11.5 Å². The number of carbonyl (C=O) groups is 1. The summed E-state index contributed by atoms with van der Waals surface area (Å²) in [5, 5.41) is 9.68. The van der Waals surface area contributed by atoms with Crippen molar-refractivity contribution in [3.05, 3.63) is 78.1 Å². The number of fused-ring (bicyclic) bond motifs is 1. The number of ether oxygens (including phenoxy) is 2. The number of pyridine rings is 1. The van der Waals surface area contributed by atoms with Gasteiger partial charge in [0.1, 0.15) is 5.69 Å². The van der Waals surface area contributed by atoms with Crippen LogP contribution in [-0.2, 0) is 0 Å². The van der Waals surface area contributed by atoms with Crippen molar-refractivity contribution in [1.29, 1.82) is 5.26 Å². The van der Waals surface area contributed by atoms with E-state index in [9.17, 15) is 4.79 Å². The summed E-state index contributed by atoms with van der Waals surface area (Å²) in [5.41, 5.74) is 1.94. The van der Waals surface area contributed by atoms with Gasteiger partial charge in [-0.1, -0.05) is 18.2 Å². The summed E-state index contributed by atoms with van der Waals surface area (Å²) in [4.78, 5) is 17.5. The molecule has 0 aliphatic carbocycles. The van der Waals surface area contributed by atoms with Crippen LogP contribution in [0.25, 0.3) is 22.4 Å². The van der Waals surface area contributed by atoms with Gasteiger partial charge in [-0.2, -0.15) is 5.26 Å². The number of esters is 1. The van der Waals surface area contributed by atoms with E-state index in [1.165, 1.54) is 19.2 Å². The minimum Gasteiger partial charge on any atom is -0.493 e. The predicted octanol–water partition coefficient (Wildman–Crippen LogP) is 4.59. The summed E-state index contributed by atoms with van der Waals surface area (Å²) in [6.07, 6.45) is 1.55. The van der Waals surface area contributed by atoms with Gasteiger partial charge in [-0.3, -0.25) is 0 Å². The fourth-order valence-electron chi connectivity index (χ4n) is 2.87. The van der Waals surface area contributed by atoms with Crippen LogP contribution in [0.1, 0.15) is 15.9 Å². The largest absolute Gasteiger partial charge is 0.493 e.